The third-order valence-corrected chi connectivity index (χ3v) is 17.2. The molecule has 0 aliphatic carbocycles. The van der Waals surface area contributed by atoms with Crippen molar-refractivity contribution >= 4 is 39.5 Å². The Kier molecular flexibility index (Phi) is 68.6. The zero-order valence-corrected chi connectivity index (χ0v) is 63.9. The first kappa shape index (κ1) is 94.9. The first-order chi connectivity index (χ1) is 48.7. The summed E-state index contributed by atoms with van der Waals surface area (Å²) in [5, 5.41) is 10.6. The number of phosphoric ester groups is 2. The van der Waals surface area contributed by atoms with Crippen LogP contribution in [0.25, 0.3) is 0 Å². The number of hydrogen-bond acceptors (Lipinski definition) is 15. The van der Waals surface area contributed by atoms with Crippen molar-refractivity contribution in [2.24, 2.45) is 0 Å². The first-order valence-corrected chi connectivity index (χ1v) is 41.1. The molecule has 3 N–H and O–H groups in total. The number of allylic oxidation sites excluding steroid dienone is 23. The van der Waals surface area contributed by atoms with Crippen LogP contribution in [0.2, 0.25) is 0 Å². The summed E-state index contributed by atoms with van der Waals surface area (Å²) in [7, 11) is -9.99. The molecule has 0 saturated heterocycles. The van der Waals surface area contributed by atoms with E-state index in [0.29, 0.717) is 25.7 Å². The molecule has 0 heterocycles. The molecule has 19 heteroatoms. The molecule has 17 nitrogen and oxygen atoms in total. The Morgan fingerprint density at radius 1 is 0.300 bits per heavy atom. The Bertz CT molecular complexity index is 2470. The standard InChI is InChI=1S/C81H134O17P2/c1-5-9-13-17-21-25-29-32-35-36-37-38-41-43-47-50-54-58-62-66-79(84)92-72-77(98-81(86)68-64-60-56-52-48-44-40-34-31-27-23-19-15-11-7-3)74-96-100(89,90)94-70-75(82)69-93-99(87,88)95-73-76(97-80(85)67-63-59-55-51-45-28-24-20-16-12-8-4)71-91-78(83)65-61-57-53-49-46-42-39-33-30-26-22-18-14-10-6-2/h9-11,13-15,21-23,25-27,32-35,37-40,48,52,60,64,75-77,82H,5-8,12,16-20,24,28-31,36,41-47,49-51,53-59,61-63,65-74H2,1-4H3,(H,87,88)(H,89,90)/b13-9-,14-10-,15-11-,25-21-,26-22-,27-23-,35-32-,38-37-,39-33-,40-34-,52-48-,64-60-. The molecule has 0 bridgehead atoms. The van der Waals surface area contributed by atoms with Crippen molar-refractivity contribution in [2.45, 2.75) is 303 Å². The number of carbonyl (C=O) groups excluding carboxylic acids is 4. The highest BCUT2D eigenvalue weighted by atomic mass is 31.2. The van der Waals surface area contributed by atoms with Crippen LogP contribution < -0.4 is 0 Å². The monoisotopic (exact) mass is 1440 g/mol. The van der Waals surface area contributed by atoms with Gasteiger partial charge in [0.25, 0.3) is 0 Å². The number of phosphoric acid groups is 2. The van der Waals surface area contributed by atoms with E-state index in [1.807, 2.05) is 12.2 Å². The summed E-state index contributed by atoms with van der Waals surface area (Å²) in [6.07, 6.45) is 81.6. The third-order valence-electron chi connectivity index (χ3n) is 15.3. The van der Waals surface area contributed by atoms with Crippen LogP contribution in [0.4, 0.5) is 0 Å². The molecule has 5 unspecified atom stereocenters. The van der Waals surface area contributed by atoms with Crippen LogP contribution in [0, 0.1) is 0 Å². The van der Waals surface area contributed by atoms with E-state index in [9.17, 15) is 43.2 Å². The number of hydrogen-bond donors (Lipinski definition) is 3. The van der Waals surface area contributed by atoms with E-state index in [2.05, 4.69) is 149 Å². The summed E-state index contributed by atoms with van der Waals surface area (Å²) in [6, 6.07) is 0. The Morgan fingerprint density at radius 3 is 0.890 bits per heavy atom. The summed E-state index contributed by atoms with van der Waals surface area (Å²) in [6.45, 7) is 4.36. The molecule has 0 aromatic rings. The number of aliphatic hydroxyl groups excluding tert-OH is 1. The van der Waals surface area contributed by atoms with E-state index in [-0.39, 0.29) is 25.7 Å². The van der Waals surface area contributed by atoms with Crippen LogP contribution in [-0.4, -0.2) is 96.7 Å². The SMILES string of the molecule is CC/C=C\C/C=C\C/C=C\C/C=C\C/C=C\CC(=O)OC(COC(=O)CCCCCCCC/C=C\C/C=C\C/C=C\C/C=C\CC)COP(=O)(O)OCC(O)COP(=O)(O)OCC(COC(=O)CCCCCCC/C=C\C/C=C\C/C=C\CC)OC(=O)CCCCCCCCCCCCC. The van der Waals surface area contributed by atoms with Crippen molar-refractivity contribution in [3.8, 4) is 0 Å². The molecule has 5 atom stereocenters. The second-order valence-corrected chi connectivity index (χ2v) is 27.7. The summed E-state index contributed by atoms with van der Waals surface area (Å²) >= 11 is 0. The molecule has 0 aromatic carbocycles. The number of ether oxygens (including phenoxy) is 4. The second-order valence-electron chi connectivity index (χ2n) is 24.8. The lowest BCUT2D eigenvalue weighted by Gasteiger charge is -2.21. The van der Waals surface area contributed by atoms with Gasteiger partial charge in [-0.25, -0.2) is 9.13 Å². The number of unbranched alkanes of at least 4 members (excludes halogenated alkanes) is 21. The molecule has 0 aliphatic rings. The highest BCUT2D eigenvalue weighted by molar-refractivity contribution is 7.47. The van der Waals surface area contributed by atoms with E-state index >= 15 is 0 Å². The van der Waals surface area contributed by atoms with Crippen LogP contribution in [-0.2, 0) is 65.4 Å². The maximum Gasteiger partial charge on any atom is 0.472 e. The van der Waals surface area contributed by atoms with Crippen molar-refractivity contribution in [1.29, 1.82) is 0 Å². The van der Waals surface area contributed by atoms with E-state index in [4.69, 9.17) is 37.0 Å². The summed E-state index contributed by atoms with van der Waals surface area (Å²) in [5.41, 5.74) is 0. The minimum Gasteiger partial charge on any atom is -0.462 e. The van der Waals surface area contributed by atoms with Crippen molar-refractivity contribution in [3.05, 3.63) is 146 Å². The fourth-order valence-corrected chi connectivity index (χ4v) is 11.2. The van der Waals surface area contributed by atoms with Crippen molar-refractivity contribution in [2.75, 3.05) is 39.6 Å². The summed E-state index contributed by atoms with van der Waals surface area (Å²) in [5.74, 6) is -2.36. The lowest BCUT2D eigenvalue weighted by molar-refractivity contribution is -0.161. The van der Waals surface area contributed by atoms with Crippen molar-refractivity contribution in [3.63, 3.8) is 0 Å². The largest absolute Gasteiger partial charge is 0.472 e. The minimum atomic E-state index is -5.01. The van der Waals surface area contributed by atoms with Crippen LogP contribution in [0.1, 0.15) is 285 Å². The van der Waals surface area contributed by atoms with Crippen LogP contribution >= 0.6 is 15.6 Å². The second kappa shape index (κ2) is 72.3. The molecule has 0 fully saturated rings. The van der Waals surface area contributed by atoms with Crippen LogP contribution in [0.5, 0.6) is 0 Å². The van der Waals surface area contributed by atoms with Crippen LogP contribution in [0.3, 0.4) is 0 Å². The first-order valence-electron chi connectivity index (χ1n) is 38.1. The normalized spacial score (nSPS) is 14.8. The Hall–Kier alpha value is -5.06. The maximum atomic E-state index is 13.1. The van der Waals surface area contributed by atoms with Gasteiger partial charge in [0.05, 0.1) is 32.8 Å². The maximum absolute atomic E-state index is 13.1. The Balaban J connectivity index is 5.42. The van der Waals surface area contributed by atoms with Gasteiger partial charge in [-0.3, -0.25) is 37.3 Å². The number of carbonyl (C=O) groups is 4. The zero-order chi connectivity index (χ0) is 73.2. The topological polar surface area (TPSA) is 237 Å². The smallest absolute Gasteiger partial charge is 0.462 e. The molecule has 570 valence electrons. The molecule has 0 radical (unpaired) electrons. The lowest BCUT2D eigenvalue weighted by atomic mass is 10.1. The van der Waals surface area contributed by atoms with Gasteiger partial charge in [0, 0.05) is 19.3 Å². The van der Waals surface area contributed by atoms with Gasteiger partial charge in [-0.15, -0.1) is 0 Å². The minimum absolute atomic E-state index is 0.0874. The molecular weight excluding hydrogens is 1310 g/mol. The number of esters is 4. The molecule has 0 aromatic heterocycles. The quantitative estimate of drug-likeness (QED) is 0.0169. The lowest BCUT2D eigenvalue weighted by Crippen LogP contribution is -2.30. The summed E-state index contributed by atoms with van der Waals surface area (Å²) < 4.78 is 68.3. The molecule has 0 amide bonds. The molecule has 0 saturated carbocycles. The van der Waals surface area contributed by atoms with Gasteiger partial charge in [0.15, 0.2) is 12.2 Å². The average Bonchev–Trinajstić information content (AvgIpc) is 0.926. The fourth-order valence-electron chi connectivity index (χ4n) is 9.65. The van der Waals surface area contributed by atoms with Gasteiger partial charge >= 0.3 is 39.5 Å². The fraction of sp³-hybridized carbons (Fsp3) is 0.654. The number of aliphatic hydroxyl groups is 1. The van der Waals surface area contributed by atoms with Crippen molar-refractivity contribution < 1.29 is 80.2 Å². The van der Waals surface area contributed by atoms with Gasteiger partial charge in [0.2, 0.25) is 0 Å². The van der Waals surface area contributed by atoms with Gasteiger partial charge in [0.1, 0.15) is 19.3 Å². The Labute approximate surface area is 605 Å². The van der Waals surface area contributed by atoms with Gasteiger partial charge in [-0.1, -0.05) is 283 Å². The van der Waals surface area contributed by atoms with Gasteiger partial charge in [-0.2, -0.15) is 0 Å². The molecular formula is C81H134O17P2. The molecule has 0 aliphatic heterocycles. The van der Waals surface area contributed by atoms with E-state index in [0.717, 1.165) is 167 Å². The highest BCUT2D eigenvalue weighted by Gasteiger charge is 2.30. The van der Waals surface area contributed by atoms with Gasteiger partial charge in [-0.05, 0) is 122 Å². The van der Waals surface area contributed by atoms with E-state index < -0.39 is 97.5 Å². The molecule has 0 spiro atoms. The van der Waals surface area contributed by atoms with E-state index in [1.165, 1.54) is 38.5 Å². The van der Waals surface area contributed by atoms with Crippen molar-refractivity contribution in [1.82, 2.24) is 0 Å². The van der Waals surface area contributed by atoms with E-state index in [1.54, 1.807) is 12.2 Å². The highest BCUT2D eigenvalue weighted by Crippen LogP contribution is 2.45. The van der Waals surface area contributed by atoms with Crippen LogP contribution in [0.15, 0.2) is 146 Å². The predicted octanol–water partition coefficient (Wildman–Crippen LogP) is 21.9. The predicted molar refractivity (Wildman–Crippen MR) is 408 cm³/mol. The Morgan fingerprint density at radius 2 is 0.560 bits per heavy atom. The zero-order valence-electron chi connectivity index (χ0n) is 62.1. The third kappa shape index (κ3) is 71.3. The molecule has 100 heavy (non-hydrogen) atoms. The average molecular weight is 1440 g/mol. The van der Waals surface area contributed by atoms with Gasteiger partial charge < -0.3 is 33.8 Å². The number of rotatable bonds is 70. The summed E-state index contributed by atoms with van der Waals surface area (Å²) in [4.78, 5) is 72.8. The molecule has 0 rings (SSSR count).